The van der Waals surface area contributed by atoms with Crippen molar-refractivity contribution in [1.82, 2.24) is 5.32 Å². The molecule has 1 unspecified atom stereocenters. The number of amides is 1. The molecule has 0 aromatic heterocycles. The first-order valence-electron chi connectivity index (χ1n) is 6.72. The summed E-state index contributed by atoms with van der Waals surface area (Å²) in [6, 6.07) is -0.258. The number of rotatable bonds is 5. The summed E-state index contributed by atoms with van der Waals surface area (Å²) >= 11 is 0. The average molecular weight is 326 g/mol. The van der Waals surface area contributed by atoms with Gasteiger partial charge in [0.15, 0.2) is 0 Å². The van der Waals surface area contributed by atoms with Crippen LogP contribution in [0.5, 0.6) is 0 Å². The minimum absolute atomic E-state index is 0.182. The van der Waals surface area contributed by atoms with Gasteiger partial charge in [-0.1, -0.05) is 13.8 Å². The molecule has 1 aliphatic carbocycles. The summed E-state index contributed by atoms with van der Waals surface area (Å²) in [4.78, 5) is 11.9. The van der Waals surface area contributed by atoms with Crippen molar-refractivity contribution in [2.24, 2.45) is 11.3 Å². The molecule has 1 rings (SSSR count). The maximum absolute atomic E-state index is 11.9. The van der Waals surface area contributed by atoms with Crippen LogP contribution >= 0.6 is 10.7 Å². The van der Waals surface area contributed by atoms with E-state index in [2.05, 4.69) is 5.32 Å². The van der Waals surface area contributed by atoms with Gasteiger partial charge in [-0.05, 0) is 39.5 Å². The Morgan fingerprint density at radius 2 is 1.80 bits per heavy atom. The first-order chi connectivity index (χ1) is 8.80. The number of nitrogens with one attached hydrogen (secondary N) is 1. The van der Waals surface area contributed by atoms with Crippen LogP contribution in [0.15, 0.2) is 0 Å². The summed E-state index contributed by atoms with van der Waals surface area (Å²) in [5.74, 6) is 0.106. The third kappa shape index (κ3) is 6.31. The zero-order chi connectivity index (χ0) is 15.8. The van der Waals surface area contributed by atoms with Crippen LogP contribution in [-0.2, 0) is 13.8 Å². The van der Waals surface area contributed by atoms with Crippen molar-refractivity contribution in [1.29, 1.82) is 0 Å². The fourth-order valence-electron chi connectivity index (χ4n) is 2.35. The normalized spacial score (nSPS) is 18.5. The molecule has 0 aliphatic heterocycles. The summed E-state index contributed by atoms with van der Waals surface area (Å²) in [6.07, 6.45) is 1.44. The van der Waals surface area contributed by atoms with Crippen molar-refractivity contribution in [2.45, 2.75) is 59.1 Å². The molecule has 1 aliphatic rings. The Hall–Kier alpha value is -0.490. The molecule has 0 aromatic carbocycles. The molecule has 1 atom stereocenters. The maximum Gasteiger partial charge on any atom is 0.407 e. The number of hydrogen-bond donors (Lipinski definition) is 1. The van der Waals surface area contributed by atoms with E-state index in [9.17, 15) is 13.2 Å². The van der Waals surface area contributed by atoms with E-state index in [4.69, 9.17) is 15.4 Å². The second-order valence-corrected chi connectivity index (χ2v) is 9.91. The highest BCUT2D eigenvalue weighted by Gasteiger charge is 2.44. The van der Waals surface area contributed by atoms with Gasteiger partial charge in [0.2, 0.25) is 9.05 Å². The Labute approximate surface area is 125 Å². The maximum atomic E-state index is 11.9. The predicted molar refractivity (Wildman–Crippen MR) is 79.3 cm³/mol. The lowest BCUT2D eigenvalue weighted by Crippen LogP contribution is -2.50. The number of carbonyl (C=O) groups is 1. The fourth-order valence-corrected chi connectivity index (χ4v) is 4.26. The van der Waals surface area contributed by atoms with E-state index < -0.39 is 26.2 Å². The molecule has 0 heterocycles. The zero-order valence-electron chi connectivity index (χ0n) is 12.7. The van der Waals surface area contributed by atoms with E-state index >= 15 is 0 Å². The van der Waals surface area contributed by atoms with Crippen LogP contribution in [0.25, 0.3) is 0 Å². The van der Waals surface area contributed by atoms with Crippen LogP contribution < -0.4 is 5.32 Å². The lowest BCUT2D eigenvalue weighted by molar-refractivity contribution is 0.0452. The third-order valence-electron chi connectivity index (χ3n) is 3.15. The third-order valence-corrected chi connectivity index (χ3v) is 4.57. The molecule has 1 fully saturated rings. The van der Waals surface area contributed by atoms with Crippen molar-refractivity contribution >= 4 is 25.8 Å². The van der Waals surface area contributed by atoms with Crippen LogP contribution in [0.2, 0.25) is 0 Å². The summed E-state index contributed by atoms with van der Waals surface area (Å²) < 4.78 is 27.9. The van der Waals surface area contributed by atoms with Crippen molar-refractivity contribution in [2.75, 3.05) is 5.75 Å². The molecule has 0 bridgehead atoms. The minimum Gasteiger partial charge on any atom is -0.444 e. The molecular weight excluding hydrogens is 302 g/mol. The van der Waals surface area contributed by atoms with Crippen LogP contribution in [0.1, 0.15) is 47.5 Å². The van der Waals surface area contributed by atoms with E-state index in [1.807, 2.05) is 0 Å². The van der Waals surface area contributed by atoms with Crippen molar-refractivity contribution in [3.05, 3.63) is 0 Å². The summed E-state index contributed by atoms with van der Waals surface area (Å²) in [5, 5.41) is 2.81. The summed E-state index contributed by atoms with van der Waals surface area (Å²) in [5.41, 5.74) is -1.22. The van der Waals surface area contributed by atoms with Crippen LogP contribution in [0.3, 0.4) is 0 Å². The second-order valence-electron chi connectivity index (χ2n) is 7.13. The minimum atomic E-state index is -3.62. The Bertz CT molecular complexity index is 463. The topological polar surface area (TPSA) is 72.5 Å². The van der Waals surface area contributed by atoms with Crippen LogP contribution in [-0.4, -0.2) is 31.9 Å². The summed E-state index contributed by atoms with van der Waals surface area (Å²) in [7, 11) is 1.73. The van der Waals surface area contributed by atoms with E-state index in [-0.39, 0.29) is 17.7 Å². The molecule has 1 N–H and O–H groups in total. The van der Waals surface area contributed by atoms with Gasteiger partial charge in [-0.25, -0.2) is 13.2 Å². The first kappa shape index (κ1) is 17.6. The lowest BCUT2D eigenvalue weighted by Gasteiger charge is -2.34. The zero-order valence-corrected chi connectivity index (χ0v) is 14.3. The van der Waals surface area contributed by atoms with Gasteiger partial charge in [0.25, 0.3) is 0 Å². The molecule has 1 amide bonds. The van der Waals surface area contributed by atoms with E-state index in [1.165, 1.54) is 0 Å². The van der Waals surface area contributed by atoms with E-state index in [0.717, 1.165) is 12.8 Å². The lowest BCUT2D eigenvalue weighted by atomic mass is 9.83. The number of ether oxygens (including phenoxy) is 1. The first-order valence-corrected chi connectivity index (χ1v) is 9.20. The largest absolute Gasteiger partial charge is 0.444 e. The van der Waals surface area contributed by atoms with Gasteiger partial charge in [0.05, 0.1) is 5.75 Å². The average Bonchev–Trinajstić information content (AvgIpc) is 2.89. The predicted octanol–water partition coefficient (Wildman–Crippen LogP) is 2.88. The molecule has 20 heavy (non-hydrogen) atoms. The smallest absolute Gasteiger partial charge is 0.407 e. The molecule has 0 radical (unpaired) electrons. The van der Waals surface area contributed by atoms with Gasteiger partial charge in [-0.2, -0.15) is 0 Å². The fraction of sp³-hybridized carbons (Fsp3) is 0.923. The van der Waals surface area contributed by atoms with E-state index in [1.54, 1.807) is 34.6 Å². The Kier molecular flexibility index (Phi) is 5.02. The van der Waals surface area contributed by atoms with Gasteiger partial charge < -0.3 is 10.1 Å². The molecule has 0 spiro atoms. The SMILES string of the molecule is CC(C)(C)OC(=O)NC(C1CC1)C(C)(C)CS(=O)(=O)Cl. The highest BCUT2D eigenvalue weighted by Crippen LogP contribution is 2.41. The standard InChI is InChI=1S/C13H24ClNO4S/c1-12(2,3)19-11(16)15-10(9-6-7-9)13(4,5)8-20(14,17)18/h9-10H,6-8H2,1-5H3,(H,15,16). The van der Waals surface area contributed by atoms with Crippen LogP contribution in [0.4, 0.5) is 4.79 Å². The van der Waals surface area contributed by atoms with Gasteiger partial charge >= 0.3 is 6.09 Å². The number of carbonyl (C=O) groups excluding carboxylic acids is 1. The summed E-state index contributed by atoms with van der Waals surface area (Å²) in [6.45, 7) is 8.95. The highest BCUT2D eigenvalue weighted by atomic mass is 35.7. The highest BCUT2D eigenvalue weighted by molar-refractivity contribution is 8.13. The van der Waals surface area contributed by atoms with Gasteiger partial charge in [-0.3, -0.25) is 0 Å². The van der Waals surface area contributed by atoms with E-state index in [0.29, 0.717) is 0 Å². The molecule has 5 nitrogen and oxygen atoms in total. The Morgan fingerprint density at radius 3 is 2.15 bits per heavy atom. The number of alkyl carbamates (subject to hydrolysis) is 1. The van der Waals surface area contributed by atoms with Crippen molar-refractivity contribution in [3.63, 3.8) is 0 Å². The molecular formula is C13H24ClNO4S. The molecule has 0 aromatic rings. The van der Waals surface area contributed by atoms with Crippen molar-refractivity contribution in [3.8, 4) is 0 Å². The molecule has 1 saturated carbocycles. The quantitative estimate of drug-likeness (QED) is 0.789. The second kappa shape index (κ2) is 5.72. The number of hydrogen-bond acceptors (Lipinski definition) is 4. The van der Waals surface area contributed by atoms with Gasteiger partial charge in [0, 0.05) is 22.1 Å². The molecule has 118 valence electrons. The monoisotopic (exact) mass is 325 g/mol. The number of halogens is 1. The Morgan fingerprint density at radius 1 is 1.30 bits per heavy atom. The van der Waals surface area contributed by atoms with Gasteiger partial charge in [-0.15, -0.1) is 0 Å². The van der Waals surface area contributed by atoms with Crippen LogP contribution in [0, 0.1) is 11.3 Å². The Balaban J connectivity index is 2.77. The molecule has 7 heteroatoms. The molecule has 0 saturated heterocycles. The van der Waals surface area contributed by atoms with Crippen molar-refractivity contribution < 1.29 is 17.9 Å². The van der Waals surface area contributed by atoms with Gasteiger partial charge in [0.1, 0.15) is 5.60 Å².